The van der Waals surface area contributed by atoms with E-state index in [0.29, 0.717) is 10.8 Å². The zero-order valence-electron chi connectivity index (χ0n) is 10.7. The molecule has 0 aliphatic carbocycles. The fourth-order valence-corrected chi connectivity index (χ4v) is 2.38. The Morgan fingerprint density at radius 2 is 2.10 bits per heavy atom. The Labute approximate surface area is 119 Å². The monoisotopic (exact) mass is 285 g/mol. The molecule has 5 nitrogen and oxygen atoms in total. The molecule has 20 heavy (non-hydrogen) atoms. The van der Waals surface area contributed by atoms with Gasteiger partial charge in [0.25, 0.3) is 5.91 Å². The smallest absolute Gasteiger partial charge is 0.296 e. The number of amides is 1. The highest BCUT2D eigenvalue weighted by atomic mass is 32.1. The molecule has 2 aromatic heterocycles. The molecule has 0 fully saturated rings. The van der Waals surface area contributed by atoms with E-state index in [1.165, 1.54) is 11.3 Å². The van der Waals surface area contributed by atoms with Gasteiger partial charge in [-0.05, 0) is 6.92 Å². The van der Waals surface area contributed by atoms with Gasteiger partial charge in [0.05, 0.1) is 5.69 Å². The van der Waals surface area contributed by atoms with E-state index in [-0.39, 0.29) is 11.7 Å². The highest BCUT2D eigenvalue weighted by Crippen LogP contribution is 2.20. The Morgan fingerprint density at radius 3 is 2.80 bits per heavy atom. The summed E-state index contributed by atoms with van der Waals surface area (Å²) >= 11 is 1.37. The molecular weight excluding hydrogens is 274 g/mol. The molecule has 100 valence electrons. The average Bonchev–Trinajstić information content (AvgIpc) is 3.09. The van der Waals surface area contributed by atoms with Gasteiger partial charge in [0.2, 0.25) is 5.76 Å². The first-order chi connectivity index (χ1) is 9.72. The van der Waals surface area contributed by atoms with Crippen LogP contribution in [-0.4, -0.2) is 16.0 Å². The van der Waals surface area contributed by atoms with Crippen molar-refractivity contribution in [1.29, 1.82) is 0 Å². The fourth-order valence-electron chi connectivity index (χ4n) is 1.70. The summed E-state index contributed by atoms with van der Waals surface area (Å²) in [6.07, 6.45) is 0. The molecule has 0 atom stereocenters. The van der Waals surface area contributed by atoms with Crippen LogP contribution in [0.4, 0.5) is 5.13 Å². The first-order valence-corrected chi connectivity index (χ1v) is 6.86. The molecule has 1 amide bonds. The van der Waals surface area contributed by atoms with Crippen LogP contribution in [0, 0.1) is 6.92 Å². The summed E-state index contributed by atoms with van der Waals surface area (Å²) in [5.41, 5.74) is 2.40. The lowest BCUT2D eigenvalue weighted by Gasteiger charge is -1.95. The minimum Gasteiger partial charge on any atom is -0.350 e. The Balaban J connectivity index is 1.78. The molecule has 2 heterocycles. The molecule has 0 aliphatic rings. The summed E-state index contributed by atoms with van der Waals surface area (Å²) in [5, 5.41) is 8.99. The van der Waals surface area contributed by atoms with Crippen LogP contribution in [0.25, 0.3) is 11.3 Å². The van der Waals surface area contributed by atoms with Gasteiger partial charge in [-0.1, -0.05) is 35.5 Å². The van der Waals surface area contributed by atoms with Crippen LogP contribution in [0.15, 0.2) is 46.3 Å². The predicted molar refractivity (Wildman–Crippen MR) is 76.7 cm³/mol. The second-order valence-electron chi connectivity index (χ2n) is 4.19. The highest BCUT2D eigenvalue weighted by molar-refractivity contribution is 7.13. The lowest BCUT2D eigenvalue weighted by atomic mass is 10.1. The topological polar surface area (TPSA) is 68.0 Å². The first-order valence-electron chi connectivity index (χ1n) is 5.98. The summed E-state index contributed by atoms with van der Waals surface area (Å²) < 4.78 is 5.07. The van der Waals surface area contributed by atoms with Crippen LogP contribution in [0.1, 0.15) is 16.2 Å². The summed E-state index contributed by atoms with van der Waals surface area (Å²) in [6.45, 7) is 1.87. The fraction of sp³-hybridized carbons (Fsp3) is 0.0714. The number of nitrogens with zero attached hydrogens (tertiary/aromatic N) is 2. The van der Waals surface area contributed by atoms with Crippen LogP contribution in [0.2, 0.25) is 0 Å². The number of carbonyl (C=O) groups is 1. The molecule has 0 radical (unpaired) electrons. The van der Waals surface area contributed by atoms with E-state index in [4.69, 9.17) is 4.52 Å². The maximum absolute atomic E-state index is 12.0. The SMILES string of the molecule is Cc1csc(NC(=O)c2cc(-c3ccccc3)no2)n1. The van der Waals surface area contributed by atoms with Crippen molar-refractivity contribution in [3.63, 3.8) is 0 Å². The predicted octanol–water partition coefficient (Wildman–Crippen LogP) is 3.36. The number of aryl methyl sites for hydroxylation is 1. The Kier molecular flexibility index (Phi) is 3.30. The summed E-state index contributed by atoms with van der Waals surface area (Å²) in [7, 11) is 0. The number of aromatic nitrogens is 2. The Morgan fingerprint density at radius 1 is 1.30 bits per heavy atom. The molecule has 1 aromatic carbocycles. The normalized spacial score (nSPS) is 10.4. The van der Waals surface area contributed by atoms with Gasteiger partial charge in [-0.25, -0.2) is 4.98 Å². The van der Waals surface area contributed by atoms with Crippen LogP contribution in [0.5, 0.6) is 0 Å². The van der Waals surface area contributed by atoms with Crippen molar-refractivity contribution < 1.29 is 9.32 Å². The van der Waals surface area contributed by atoms with Crippen LogP contribution < -0.4 is 5.32 Å². The van der Waals surface area contributed by atoms with E-state index >= 15 is 0 Å². The maximum Gasteiger partial charge on any atom is 0.296 e. The molecule has 3 rings (SSSR count). The summed E-state index contributed by atoms with van der Waals surface area (Å²) in [5.74, 6) is -0.189. The lowest BCUT2D eigenvalue weighted by Crippen LogP contribution is -2.10. The van der Waals surface area contributed by atoms with Gasteiger partial charge in [0.1, 0.15) is 5.69 Å². The third kappa shape index (κ3) is 2.60. The number of thiazole rings is 1. The standard InChI is InChI=1S/C14H11N3O2S/c1-9-8-20-14(15-9)16-13(18)12-7-11(17-19-12)10-5-3-2-4-6-10/h2-8H,1H3,(H,15,16,18). The van der Waals surface area contributed by atoms with E-state index < -0.39 is 0 Å². The molecule has 0 aliphatic heterocycles. The second-order valence-corrected chi connectivity index (χ2v) is 5.05. The first kappa shape index (κ1) is 12.6. The zero-order valence-corrected chi connectivity index (χ0v) is 11.5. The molecule has 0 saturated heterocycles. The number of benzene rings is 1. The summed E-state index contributed by atoms with van der Waals surface area (Å²) in [4.78, 5) is 16.2. The largest absolute Gasteiger partial charge is 0.350 e. The molecular formula is C14H11N3O2S. The van der Waals surface area contributed by atoms with Crippen molar-refractivity contribution in [1.82, 2.24) is 10.1 Å². The third-order valence-electron chi connectivity index (χ3n) is 2.64. The van der Waals surface area contributed by atoms with Gasteiger partial charge < -0.3 is 4.52 Å². The summed E-state index contributed by atoms with van der Waals surface area (Å²) in [6, 6.07) is 11.2. The van der Waals surface area contributed by atoms with E-state index in [9.17, 15) is 4.79 Å². The minimum absolute atomic E-state index is 0.164. The maximum atomic E-state index is 12.0. The van der Waals surface area contributed by atoms with Crippen molar-refractivity contribution in [3.8, 4) is 11.3 Å². The number of nitrogens with one attached hydrogen (secondary N) is 1. The van der Waals surface area contributed by atoms with Crippen molar-refractivity contribution in [3.05, 3.63) is 53.2 Å². The van der Waals surface area contributed by atoms with Crippen molar-refractivity contribution in [2.75, 3.05) is 5.32 Å². The molecule has 0 unspecified atom stereocenters. The molecule has 3 aromatic rings. The van der Waals surface area contributed by atoms with Gasteiger partial charge in [0, 0.05) is 17.0 Å². The van der Waals surface area contributed by atoms with Crippen molar-refractivity contribution in [2.24, 2.45) is 0 Å². The third-order valence-corrected chi connectivity index (χ3v) is 3.52. The second kappa shape index (κ2) is 5.26. The van der Waals surface area contributed by atoms with Gasteiger partial charge in [-0.3, -0.25) is 10.1 Å². The number of carbonyl (C=O) groups excluding carboxylic acids is 1. The molecule has 0 bridgehead atoms. The van der Waals surface area contributed by atoms with E-state index in [1.807, 2.05) is 42.6 Å². The van der Waals surface area contributed by atoms with Crippen LogP contribution in [0.3, 0.4) is 0 Å². The average molecular weight is 285 g/mol. The zero-order chi connectivity index (χ0) is 13.9. The van der Waals surface area contributed by atoms with Crippen molar-refractivity contribution in [2.45, 2.75) is 6.92 Å². The number of rotatable bonds is 3. The lowest BCUT2D eigenvalue weighted by molar-refractivity contribution is 0.0988. The van der Waals surface area contributed by atoms with E-state index in [0.717, 1.165) is 11.3 Å². The Bertz CT molecular complexity index is 734. The molecule has 6 heteroatoms. The van der Waals surface area contributed by atoms with Gasteiger partial charge in [-0.15, -0.1) is 11.3 Å². The van der Waals surface area contributed by atoms with Crippen molar-refractivity contribution >= 4 is 22.4 Å². The van der Waals surface area contributed by atoms with Crippen LogP contribution >= 0.6 is 11.3 Å². The van der Waals surface area contributed by atoms with Gasteiger partial charge in [-0.2, -0.15) is 0 Å². The minimum atomic E-state index is -0.353. The van der Waals surface area contributed by atoms with E-state index in [2.05, 4.69) is 15.5 Å². The van der Waals surface area contributed by atoms with E-state index in [1.54, 1.807) is 6.07 Å². The van der Waals surface area contributed by atoms with Gasteiger partial charge in [0.15, 0.2) is 5.13 Å². The van der Waals surface area contributed by atoms with Crippen LogP contribution in [-0.2, 0) is 0 Å². The highest BCUT2D eigenvalue weighted by Gasteiger charge is 2.15. The number of hydrogen-bond acceptors (Lipinski definition) is 5. The molecule has 1 N–H and O–H groups in total. The quantitative estimate of drug-likeness (QED) is 0.801. The number of hydrogen-bond donors (Lipinski definition) is 1. The molecule has 0 saturated carbocycles. The number of anilines is 1. The van der Waals surface area contributed by atoms with Gasteiger partial charge >= 0.3 is 0 Å². The Hall–Kier alpha value is -2.47. The molecule has 0 spiro atoms.